The number of carbonyl (C=O) groups is 1. The number of sulfonamides is 1. The van der Waals surface area contributed by atoms with E-state index in [0.717, 1.165) is 17.4 Å². The first-order chi connectivity index (χ1) is 8.98. The third-order valence-corrected chi connectivity index (χ3v) is 3.04. The molecule has 0 atom stereocenters. The Balaban J connectivity index is 2.24. The normalized spacial score (nSPS) is 11.0. The van der Waals surface area contributed by atoms with Crippen molar-refractivity contribution in [2.45, 2.75) is 0 Å². The number of nitrogens with zero attached hydrogens (tertiary/aromatic N) is 1. The zero-order chi connectivity index (χ0) is 13.9. The summed E-state index contributed by atoms with van der Waals surface area (Å²) in [4.78, 5) is 14.5. The third-order valence-electron chi connectivity index (χ3n) is 2.43. The molecule has 0 bridgehead atoms. The van der Waals surface area contributed by atoms with E-state index in [1.165, 1.54) is 0 Å². The number of hydrogen-bond acceptors (Lipinski definition) is 4. The standard InChI is InChI=1S/C13H12N2O3S/c1-19(17,18)15-12-5-2-10(3-6-12)11-4-7-13(9-16)14-8-11/h2-9,15H,1H3. The van der Waals surface area contributed by atoms with Crippen molar-refractivity contribution < 1.29 is 13.2 Å². The fourth-order valence-electron chi connectivity index (χ4n) is 1.59. The van der Waals surface area contributed by atoms with Crippen molar-refractivity contribution in [1.82, 2.24) is 4.98 Å². The highest BCUT2D eigenvalue weighted by molar-refractivity contribution is 7.92. The van der Waals surface area contributed by atoms with Crippen molar-refractivity contribution in [2.75, 3.05) is 11.0 Å². The van der Waals surface area contributed by atoms with Gasteiger partial charge in [0.25, 0.3) is 0 Å². The molecular weight excluding hydrogens is 264 g/mol. The van der Waals surface area contributed by atoms with Gasteiger partial charge in [-0.1, -0.05) is 18.2 Å². The number of pyridine rings is 1. The van der Waals surface area contributed by atoms with Crippen molar-refractivity contribution in [3.8, 4) is 11.1 Å². The Labute approximate surface area is 111 Å². The third kappa shape index (κ3) is 3.62. The second-order valence-electron chi connectivity index (χ2n) is 4.04. The lowest BCUT2D eigenvalue weighted by Crippen LogP contribution is -2.09. The number of rotatable bonds is 4. The minimum atomic E-state index is -3.26. The van der Waals surface area contributed by atoms with E-state index >= 15 is 0 Å². The molecule has 0 radical (unpaired) electrons. The van der Waals surface area contributed by atoms with Crippen molar-refractivity contribution in [3.63, 3.8) is 0 Å². The minimum Gasteiger partial charge on any atom is -0.296 e. The summed E-state index contributed by atoms with van der Waals surface area (Å²) in [5.74, 6) is 0. The van der Waals surface area contributed by atoms with E-state index in [4.69, 9.17) is 0 Å². The van der Waals surface area contributed by atoms with Crippen LogP contribution in [0.3, 0.4) is 0 Å². The summed E-state index contributed by atoms with van der Waals surface area (Å²) >= 11 is 0. The van der Waals surface area contributed by atoms with Gasteiger partial charge in [-0.15, -0.1) is 0 Å². The highest BCUT2D eigenvalue weighted by Crippen LogP contribution is 2.21. The van der Waals surface area contributed by atoms with Crippen molar-refractivity contribution in [2.24, 2.45) is 0 Å². The molecule has 6 heteroatoms. The second kappa shape index (κ2) is 5.19. The SMILES string of the molecule is CS(=O)(=O)Nc1ccc(-c2ccc(C=O)nc2)cc1. The van der Waals surface area contributed by atoms with Crippen LogP contribution in [0.2, 0.25) is 0 Å². The Hall–Kier alpha value is -2.21. The molecule has 0 aliphatic rings. The number of aldehydes is 1. The number of anilines is 1. The molecule has 0 aliphatic heterocycles. The fraction of sp³-hybridized carbons (Fsp3) is 0.0769. The van der Waals surface area contributed by atoms with E-state index in [1.807, 2.05) is 0 Å². The highest BCUT2D eigenvalue weighted by atomic mass is 32.2. The molecule has 98 valence electrons. The smallest absolute Gasteiger partial charge is 0.229 e. The summed E-state index contributed by atoms with van der Waals surface area (Å²) in [5.41, 5.74) is 2.63. The Morgan fingerprint density at radius 2 is 1.68 bits per heavy atom. The molecule has 0 fully saturated rings. The minimum absolute atomic E-state index is 0.374. The lowest BCUT2D eigenvalue weighted by Gasteiger charge is -2.05. The first-order valence-electron chi connectivity index (χ1n) is 5.47. The maximum absolute atomic E-state index is 11.1. The van der Waals surface area contributed by atoms with Crippen LogP contribution in [0.5, 0.6) is 0 Å². The van der Waals surface area contributed by atoms with Gasteiger partial charge in [0.1, 0.15) is 5.69 Å². The van der Waals surface area contributed by atoms with Gasteiger partial charge < -0.3 is 0 Å². The second-order valence-corrected chi connectivity index (χ2v) is 5.79. The first-order valence-corrected chi connectivity index (χ1v) is 7.36. The Morgan fingerprint density at radius 3 is 2.16 bits per heavy atom. The van der Waals surface area contributed by atoms with Gasteiger partial charge in [-0.2, -0.15) is 0 Å². The molecule has 0 amide bonds. The molecule has 2 aromatic rings. The molecule has 1 aromatic carbocycles. The molecule has 0 spiro atoms. The quantitative estimate of drug-likeness (QED) is 0.866. The van der Waals surface area contributed by atoms with Gasteiger partial charge in [0.2, 0.25) is 10.0 Å². The largest absolute Gasteiger partial charge is 0.296 e. The van der Waals surface area contributed by atoms with Crippen LogP contribution in [0.25, 0.3) is 11.1 Å². The van der Waals surface area contributed by atoms with Gasteiger partial charge in [-0.25, -0.2) is 8.42 Å². The van der Waals surface area contributed by atoms with Gasteiger partial charge >= 0.3 is 0 Å². The van der Waals surface area contributed by atoms with E-state index in [-0.39, 0.29) is 0 Å². The van der Waals surface area contributed by atoms with Gasteiger partial charge in [0.05, 0.1) is 6.26 Å². The van der Waals surface area contributed by atoms with Crippen molar-refractivity contribution in [1.29, 1.82) is 0 Å². The van der Waals surface area contributed by atoms with Crippen LogP contribution in [-0.2, 0) is 10.0 Å². The number of nitrogens with one attached hydrogen (secondary N) is 1. The van der Waals surface area contributed by atoms with Crippen molar-refractivity contribution >= 4 is 22.0 Å². The average Bonchev–Trinajstić information content (AvgIpc) is 2.38. The molecule has 5 nitrogen and oxygen atoms in total. The molecule has 0 aliphatic carbocycles. The summed E-state index contributed by atoms with van der Waals surface area (Å²) in [6.45, 7) is 0. The van der Waals surface area contributed by atoms with E-state index in [0.29, 0.717) is 17.7 Å². The maximum Gasteiger partial charge on any atom is 0.229 e. The number of benzene rings is 1. The monoisotopic (exact) mass is 276 g/mol. The van der Waals surface area contributed by atoms with Crippen LogP contribution >= 0.6 is 0 Å². The van der Waals surface area contributed by atoms with Crippen LogP contribution < -0.4 is 4.72 Å². The maximum atomic E-state index is 11.1. The zero-order valence-electron chi connectivity index (χ0n) is 10.2. The zero-order valence-corrected chi connectivity index (χ0v) is 11.0. The molecule has 1 heterocycles. The van der Waals surface area contributed by atoms with E-state index in [9.17, 15) is 13.2 Å². The fourth-order valence-corrected chi connectivity index (χ4v) is 2.15. The van der Waals surface area contributed by atoms with E-state index < -0.39 is 10.0 Å². The van der Waals surface area contributed by atoms with Crippen LogP contribution in [-0.4, -0.2) is 25.9 Å². The Morgan fingerprint density at radius 1 is 1.05 bits per heavy atom. The number of aromatic nitrogens is 1. The summed E-state index contributed by atoms with van der Waals surface area (Å²) in [5, 5.41) is 0. The van der Waals surface area contributed by atoms with Crippen LogP contribution in [0.1, 0.15) is 10.5 Å². The van der Waals surface area contributed by atoms with Gasteiger partial charge in [0, 0.05) is 17.4 Å². The van der Waals surface area contributed by atoms with Gasteiger partial charge in [-0.3, -0.25) is 14.5 Å². The lowest BCUT2D eigenvalue weighted by molar-refractivity contribution is 0.111. The number of hydrogen-bond donors (Lipinski definition) is 1. The molecule has 0 saturated carbocycles. The Kier molecular flexibility index (Phi) is 3.62. The van der Waals surface area contributed by atoms with Crippen LogP contribution in [0.15, 0.2) is 42.6 Å². The molecule has 1 N–H and O–H groups in total. The first kappa shape index (κ1) is 13.2. The van der Waals surface area contributed by atoms with Crippen LogP contribution in [0.4, 0.5) is 5.69 Å². The molecule has 0 unspecified atom stereocenters. The summed E-state index contributed by atoms with van der Waals surface area (Å²) in [6.07, 6.45) is 3.38. The highest BCUT2D eigenvalue weighted by Gasteiger charge is 2.03. The summed E-state index contributed by atoms with van der Waals surface area (Å²) in [6, 6.07) is 10.3. The topological polar surface area (TPSA) is 76.1 Å². The summed E-state index contributed by atoms with van der Waals surface area (Å²) < 4.78 is 24.5. The Bertz CT molecular complexity index is 677. The molecule has 2 rings (SSSR count). The molecule has 0 saturated heterocycles. The average molecular weight is 276 g/mol. The van der Waals surface area contributed by atoms with E-state index in [1.54, 1.807) is 42.6 Å². The van der Waals surface area contributed by atoms with E-state index in [2.05, 4.69) is 9.71 Å². The molecular formula is C13H12N2O3S. The van der Waals surface area contributed by atoms with Crippen LogP contribution in [0, 0.1) is 0 Å². The summed E-state index contributed by atoms with van der Waals surface area (Å²) in [7, 11) is -3.26. The predicted octanol–water partition coefficient (Wildman–Crippen LogP) is 1.93. The van der Waals surface area contributed by atoms with Gasteiger partial charge in [0.15, 0.2) is 6.29 Å². The van der Waals surface area contributed by atoms with Crippen molar-refractivity contribution in [3.05, 3.63) is 48.3 Å². The number of carbonyl (C=O) groups excluding carboxylic acids is 1. The lowest BCUT2D eigenvalue weighted by atomic mass is 10.1. The van der Waals surface area contributed by atoms with Gasteiger partial charge in [-0.05, 0) is 23.8 Å². The molecule has 1 aromatic heterocycles. The molecule has 19 heavy (non-hydrogen) atoms. The predicted molar refractivity (Wildman–Crippen MR) is 73.5 cm³/mol.